The van der Waals surface area contributed by atoms with E-state index in [1.165, 1.54) is 13.2 Å². The van der Waals surface area contributed by atoms with Gasteiger partial charge in [-0.1, -0.05) is 12.1 Å². The van der Waals surface area contributed by atoms with Gasteiger partial charge in [-0.3, -0.25) is 4.79 Å². The number of phenolic OH excluding ortho intramolecular Hbond substituents is 1. The van der Waals surface area contributed by atoms with E-state index >= 15 is 0 Å². The molecular formula is C22H25NO5. The van der Waals surface area contributed by atoms with Gasteiger partial charge in [0.05, 0.1) is 20.8 Å². The Morgan fingerprint density at radius 3 is 2.64 bits per heavy atom. The Balaban J connectivity index is 2.18. The Hall–Kier alpha value is -3.15. The molecule has 1 amide bonds. The van der Waals surface area contributed by atoms with E-state index in [1.807, 2.05) is 19.1 Å². The number of hydrogen-bond acceptors (Lipinski definition) is 5. The quantitative estimate of drug-likeness (QED) is 0.707. The summed E-state index contributed by atoms with van der Waals surface area (Å²) in [4.78, 5) is 12.3. The van der Waals surface area contributed by atoms with Crippen LogP contribution in [0.4, 0.5) is 5.69 Å². The van der Waals surface area contributed by atoms with Gasteiger partial charge in [-0.2, -0.15) is 0 Å². The van der Waals surface area contributed by atoms with Crippen molar-refractivity contribution in [3.05, 3.63) is 53.6 Å². The normalized spacial score (nSPS) is 15.4. The number of nitrogens with one attached hydrogen (secondary N) is 1. The van der Waals surface area contributed by atoms with Crippen LogP contribution in [0.25, 0.3) is 0 Å². The number of hydrogen-bond donors (Lipinski definition) is 2. The number of amides is 1. The highest BCUT2D eigenvalue weighted by atomic mass is 16.5. The van der Waals surface area contributed by atoms with Gasteiger partial charge in [0.15, 0.2) is 23.0 Å². The van der Waals surface area contributed by atoms with Crippen LogP contribution in [0.15, 0.2) is 36.9 Å². The summed E-state index contributed by atoms with van der Waals surface area (Å²) in [7, 11) is 3.11. The van der Waals surface area contributed by atoms with Crippen molar-refractivity contribution in [2.75, 3.05) is 26.1 Å². The molecule has 0 radical (unpaired) electrons. The molecule has 0 saturated heterocycles. The predicted octanol–water partition coefficient (Wildman–Crippen LogP) is 4.01. The number of aromatic hydroxyl groups is 1. The minimum absolute atomic E-state index is 0.0146. The fourth-order valence-corrected chi connectivity index (χ4v) is 3.62. The van der Waals surface area contributed by atoms with Gasteiger partial charge in [-0.15, -0.1) is 6.58 Å². The van der Waals surface area contributed by atoms with Crippen molar-refractivity contribution in [2.24, 2.45) is 0 Å². The van der Waals surface area contributed by atoms with Gasteiger partial charge in [-0.25, -0.2) is 0 Å². The molecule has 0 aliphatic carbocycles. The number of rotatable bonds is 7. The third kappa shape index (κ3) is 3.63. The largest absolute Gasteiger partial charge is 0.504 e. The van der Waals surface area contributed by atoms with Crippen LogP contribution in [0, 0.1) is 0 Å². The van der Waals surface area contributed by atoms with E-state index in [2.05, 4.69) is 11.9 Å². The maximum Gasteiger partial charge on any atom is 0.225 e. The molecule has 148 valence electrons. The average Bonchev–Trinajstić information content (AvgIpc) is 2.67. The van der Waals surface area contributed by atoms with E-state index in [0.717, 1.165) is 16.7 Å². The lowest BCUT2D eigenvalue weighted by molar-refractivity contribution is -0.116. The summed E-state index contributed by atoms with van der Waals surface area (Å²) in [6.07, 6.45) is 2.70. The third-order valence-corrected chi connectivity index (χ3v) is 4.81. The fourth-order valence-electron chi connectivity index (χ4n) is 3.62. The van der Waals surface area contributed by atoms with Gasteiger partial charge in [0.1, 0.15) is 0 Å². The van der Waals surface area contributed by atoms with E-state index in [-0.39, 0.29) is 24.0 Å². The SMILES string of the molecule is C=CCc1cc([C@H]2CC(=O)Nc3cc(O)c(OC)cc32)cc(OCC)c1OC. The van der Waals surface area contributed by atoms with Crippen LogP contribution >= 0.6 is 0 Å². The number of benzene rings is 2. The van der Waals surface area contributed by atoms with Crippen LogP contribution in [0.1, 0.15) is 36.0 Å². The number of ether oxygens (including phenoxy) is 3. The Morgan fingerprint density at radius 2 is 2.00 bits per heavy atom. The van der Waals surface area contributed by atoms with Crippen molar-refractivity contribution in [1.29, 1.82) is 0 Å². The molecule has 2 aromatic rings. The Labute approximate surface area is 164 Å². The molecule has 3 rings (SSSR count). The van der Waals surface area contributed by atoms with Gasteiger partial charge in [0.2, 0.25) is 5.91 Å². The molecule has 2 N–H and O–H groups in total. The molecule has 2 aromatic carbocycles. The first-order chi connectivity index (χ1) is 13.5. The lowest BCUT2D eigenvalue weighted by Crippen LogP contribution is -2.23. The highest BCUT2D eigenvalue weighted by Gasteiger charge is 2.29. The minimum atomic E-state index is -0.202. The first-order valence-corrected chi connectivity index (χ1v) is 9.17. The summed E-state index contributed by atoms with van der Waals surface area (Å²) in [6.45, 7) is 6.23. The number of fused-ring (bicyclic) bond motifs is 1. The second-order valence-corrected chi connectivity index (χ2v) is 6.55. The monoisotopic (exact) mass is 383 g/mol. The molecule has 1 aliphatic heterocycles. The highest BCUT2D eigenvalue weighted by molar-refractivity contribution is 5.96. The van der Waals surface area contributed by atoms with Gasteiger partial charge < -0.3 is 24.6 Å². The van der Waals surface area contributed by atoms with Gasteiger partial charge in [-0.05, 0) is 36.6 Å². The predicted molar refractivity (Wildman–Crippen MR) is 108 cm³/mol. The Morgan fingerprint density at radius 1 is 1.21 bits per heavy atom. The Kier molecular flexibility index (Phi) is 5.78. The molecule has 1 heterocycles. The van der Waals surface area contributed by atoms with Crippen LogP contribution in [-0.4, -0.2) is 31.8 Å². The summed E-state index contributed by atoms with van der Waals surface area (Å²) in [6, 6.07) is 7.24. The maximum absolute atomic E-state index is 12.3. The fraction of sp³-hybridized carbons (Fsp3) is 0.318. The van der Waals surface area contributed by atoms with Crippen molar-refractivity contribution in [1.82, 2.24) is 0 Å². The summed E-state index contributed by atoms with van der Waals surface area (Å²) in [5, 5.41) is 12.9. The molecule has 1 aliphatic rings. The summed E-state index contributed by atoms with van der Waals surface area (Å²) >= 11 is 0. The standard InChI is InChI=1S/C22H25NO5/c1-5-7-13-8-14(9-20(28-6-2)22(13)27-4)15-11-21(25)23-17-12-18(24)19(26-3)10-16(15)17/h5,8-10,12,15,24H,1,6-7,11H2,2-4H3,(H,23,25)/t15-/m1/s1. The molecule has 28 heavy (non-hydrogen) atoms. The van der Waals surface area contributed by atoms with Crippen molar-refractivity contribution in [3.63, 3.8) is 0 Å². The van der Waals surface area contributed by atoms with Crippen molar-refractivity contribution in [3.8, 4) is 23.0 Å². The first kappa shape index (κ1) is 19.6. The summed E-state index contributed by atoms with van der Waals surface area (Å²) < 4.78 is 16.6. The van der Waals surface area contributed by atoms with Gasteiger partial charge >= 0.3 is 0 Å². The molecule has 0 unspecified atom stereocenters. The number of carbonyl (C=O) groups is 1. The number of allylic oxidation sites excluding steroid dienone is 1. The average molecular weight is 383 g/mol. The first-order valence-electron chi connectivity index (χ1n) is 9.17. The molecule has 6 nitrogen and oxygen atoms in total. The Bertz CT molecular complexity index is 906. The van der Waals surface area contributed by atoms with Crippen molar-refractivity contribution in [2.45, 2.75) is 25.7 Å². The van der Waals surface area contributed by atoms with Crippen molar-refractivity contribution >= 4 is 11.6 Å². The molecule has 6 heteroatoms. The van der Waals surface area contributed by atoms with Crippen LogP contribution in [0.3, 0.4) is 0 Å². The zero-order valence-corrected chi connectivity index (χ0v) is 16.4. The van der Waals surface area contributed by atoms with E-state index in [1.54, 1.807) is 19.3 Å². The van der Waals surface area contributed by atoms with Crippen LogP contribution in [0.5, 0.6) is 23.0 Å². The third-order valence-electron chi connectivity index (χ3n) is 4.81. The van der Waals surface area contributed by atoms with Crippen molar-refractivity contribution < 1.29 is 24.1 Å². The van der Waals surface area contributed by atoms with E-state index in [4.69, 9.17) is 14.2 Å². The molecule has 0 bridgehead atoms. The van der Waals surface area contributed by atoms with E-state index < -0.39 is 0 Å². The molecule has 0 saturated carbocycles. The lowest BCUT2D eigenvalue weighted by Gasteiger charge is -2.28. The zero-order valence-electron chi connectivity index (χ0n) is 16.4. The topological polar surface area (TPSA) is 77.0 Å². The molecule has 1 atom stereocenters. The van der Waals surface area contributed by atoms with Crippen LogP contribution in [-0.2, 0) is 11.2 Å². The summed E-state index contributed by atoms with van der Waals surface area (Å²) in [5.41, 5.74) is 3.34. The van der Waals surface area contributed by atoms with Gasteiger partial charge in [0.25, 0.3) is 0 Å². The smallest absolute Gasteiger partial charge is 0.225 e. The number of phenols is 1. The zero-order chi connectivity index (χ0) is 20.3. The number of methoxy groups -OCH3 is 2. The number of carbonyl (C=O) groups excluding carboxylic acids is 1. The molecule has 0 spiro atoms. The minimum Gasteiger partial charge on any atom is -0.504 e. The molecule has 0 fully saturated rings. The second-order valence-electron chi connectivity index (χ2n) is 6.55. The summed E-state index contributed by atoms with van der Waals surface area (Å²) in [5.74, 6) is 1.35. The second kappa shape index (κ2) is 8.25. The van der Waals surface area contributed by atoms with Crippen LogP contribution < -0.4 is 19.5 Å². The van der Waals surface area contributed by atoms with E-state index in [0.29, 0.717) is 36.0 Å². The maximum atomic E-state index is 12.3. The van der Waals surface area contributed by atoms with Gasteiger partial charge in [0, 0.05) is 29.7 Å². The van der Waals surface area contributed by atoms with Crippen LogP contribution in [0.2, 0.25) is 0 Å². The molecular weight excluding hydrogens is 358 g/mol. The number of anilines is 1. The molecule has 0 aromatic heterocycles. The highest BCUT2D eigenvalue weighted by Crippen LogP contribution is 2.45. The van der Waals surface area contributed by atoms with E-state index in [9.17, 15) is 9.90 Å². The lowest BCUT2D eigenvalue weighted by atomic mass is 9.83.